The molecule has 5 nitrogen and oxygen atoms in total. The van der Waals surface area contributed by atoms with Crippen molar-refractivity contribution >= 4 is 22.4 Å². The molecule has 2 aromatic rings. The maximum Gasteiger partial charge on any atom is 0.254 e. The monoisotopic (exact) mass is 350 g/mol. The highest BCUT2D eigenvalue weighted by molar-refractivity contribution is 7.14. The third-order valence-corrected chi connectivity index (χ3v) is 3.99. The number of nitrogens with one attached hydrogen (secondary N) is 1. The number of carbonyl (C=O) groups excluding carboxylic acids is 1. The molecular weight excluding hydrogens is 331 g/mol. The molecule has 1 N–H and O–H groups in total. The summed E-state index contributed by atoms with van der Waals surface area (Å²) < 4.78 is 24.1. The van der Waals surface area contributed by atoms with Crippen LogP contribution in [0, 0.1) is 5.82 Å². The number of amides is 1. The first kappa shape index (κ1) is 18.1. The lowest BCUT2D eigenvalue weighted by atomic mass is 10.1. The maximum absolute atomic E-state index is 13.5. The van der Waals surface area contributed by atoms with Crippen molar-refractivity contribution in [2.75, 3.05) is 19.0 Å². The molecule has 1 heterocycles. The number of ether oxygens (including phenoxy) is 2. The van der Waals surface area contributed by atoms with Gasteiger partial charge in [0.15, 0.2) is 5.13 Å². The zero-order valence-electron chi connectivity index (χ0n) is 13.5. The number of nitrogens with zero attached hydrogens (tertiary/aromatic N) is 1. The number of rotatable bonds is 8. The summed E-state index contributed by atoms with van der Waals surface area (Å²) in [5.74, 6) is -0.152. The van der Waals surface area contributed by atoms with Gasteiger partial charge in [-0.05, 0) is 31.5 Å². The van der Waals surface area contributed by atoms with Gasteiger partial charge in [0.25, 0.3) is 5.91 Å². The quantitative estimate of drug-likeness (QED) is 0.580. The Hall–Kier alpha value is -2.25. The number of hydrogen-bond acceptors (Lipinski definition) is 5. The molecule has 24 heavy (non-hydrogen) atoms. The van der Waals surface area contributed by atoms with E-state index in [4.69, 9.17) is 9.47 Å². The van der Waals surface area contributed by atoms with E-state index in [0.717, 1.165) is 0 Å². The van der Waals surface area contributed by atoms with Crippen molar-refractivity contribution in [2.45, 2.75) is 19.4 Å². The molecule has 0 aliphatic heterocycles. The Labute approximate surface area is 144 Å². The van der Waals surface area contributed by atoms with Gasteiger partial charge in [-0.3, -0.25) is 10.1 Å². The average Bonchev–Trinajstić information content (AvgIpc) is 3.03. The van der Waals surface area contributed by atoms with Crippen molar-refractivity contribution in [3.63, 3.8) is 0 Å². The molecule has 1 atom stereocenters. The molecule has 0 fully saturated rings. The molecule has 0 saturated carbocycles. The van der Waals surface area contributed by atoms with E-state index < -0.39 is 6.10 Å². The Morgan fingerprint density at radius 3 is 3.04 bits per heavy atom. The van der Waals surface area contributed by atoms with Crippen LogP contribution in [0.5, 0.6) is 5.75 Å². The first-order valence-electron chi connectivity index (χ1n) is 7.38. The highest BCUT2D eigenvalue weighted by atomic mass is 32.1. The third-order valence-electron chi connectivity index (χ3n) is 3.23. The van der Waals surface area contributed by atoms with E-state index in [9.17, 15) is 9.18 Å². The van der Waals surface area contributed by atoms with Crippen LogP contribution in [0.15, 0.2) is 36.2 Å². The summed E-state index contributed by atoms with van der Waals surface area (Å²) in [7, 11) is 1.51. The lowest BCUT2D eigenvalue weighted by Crippen LogP contribution is -2.27. The Morgan fingerprint density at radius 1 is 1.54 bits per heavy atom. The summed E-state index contributed by atoms with van der Waals surface area (Å²) in [4.78, 5) is 16.4. The van der Waals surface area contributed by atoms with Crippen LogP contribution in [0.3, 0.4) is 0 Å². The second kappa shape index (κ2) is 8.56. The number of benzene rings is 1. The summed E-state index contributed by atoms with van der Waals surface area (Å²) in [6.07, 6.45) is 1.81. The van der Waals surface area contributed by atoms with Crippen molar-refractivity contribution < 1.29 is 18.7 Å². The Bertz CT molecular complexity index is 718. The zero-order chi connectivity index (χ0) is 17.5. The molecule has 0 aliphatic carbocycles. The van der Waals surface area contributed by atoms with Crippen LogP contribution in [0.1, 0.15) is 13.3 Å². The van der Waals surface area contributed by atoms with Crippen molar-refractivity contribution in [3.8, 4) is 17.0 Å². The van der Waals surface area contributed by atoms with Crippen LogP contribution < -0.4 is 10.1 Å². The van der Waals surface area contributed by atoms with Crippen molar-refractivity contribution in [1.29, 1.82) is 0 Å². The van der Waals surface area contributed by atoms with Gasteiger partial charge in [0.2, 0.25) is 0 Å². The number of halogens is 1. The predicted molar refractivity (Wildman–Crippen MR) is 92.9 cm³/mol. The Kier molecular flexibility index (Phi) is 6.45. The lowest BCUT2D eigenvalue weighted by Gasteiger charge is -2.11. The Morgan fingerprint density at radius 2 is 2.33 bits per heavy atom. The van der Waals surface area contributed by atoms with Crippen molar-refractivity contribution in [1.82, 2.24) is 4.98 Å². The minimum atomic E-state index is -0.596. The smallest absolute Gasteiger partial charge is 0.254 e. The number of methoxy groups -OCH3 is 1. The average molecular weight is 350 g/mol. The van der Waals surface area contributed by atoms with Gasteiger partial charge in [-0.2, -0.15) is 0 Å². The fourth-order valence-corrected chi connectivity index (χ4v) is 2.66. The topological polar surface area (TPSA) is 60.5 Å². The van der Waals surface area contributed by atoms with Gasteiger partial charge in [-0.15, -0.1) is 17.9 Å². The summed E-state index contributed by atoms with van der Waals surface area (Å²) in [5, 5.41) is 4.84. The zero-order valence-corrected chi connectivity index (χ0v) is 14.4. The molecule has 0 radical (unpaired) electrons. The summed E-state index contributed by atoms with van der Waals surface area (Å²) in [5.41, 5.74) is 1.07. The van der Waals surface area contributed by atoms with E-state index >= 15 is 0 Å². The second-order valence-electron chi connectivity index (χ2n) is 4.96. The van der Waals surface area contributed by atoms with Crippen LogP contribution in [-0.2, 0) is 9.53 Å². The summed E-state index contributed by atoms with van der Waals surface area (Å²) in [6, 6.07) is 4.21. The molecule has 1 aromatic carbocycles. The van der Waals surface area contributed by atoms with Gasteiger partial charge in [0.05, 0.1) is 19.4 Å². The van der Waals surface area contributed by atoms with Gasteiger partial charge in [-0.25, -0.2) is 9.37 Å². The molecule has 0 spiro atoms. The fraction of sp³-hybridized carbons (Fsp3) is 0.294. The van der Waals surface area contributed by atoms with Crippen LogP contribution in [0.4, 0.5) is 9.52 Å². The van der Waals surface area contributed by atoms with E-state index in [1.807, 2.05) is 0 Å². The third kappa shape index (κ3) is 4.62. The van der Waals surface area contributed by atoms with Gasteiger partial charge >= 0.3 is 0 Å². The molecule has 0 saturated heterocycles. The number of thiazole rings is 1. The molecule has 7 heteroatoms. The molecule has 2 rings (SSSR count). The molecule has 1 unspecified atom stereocenters. The molecule has 0 aliphatic rings. The molecule has 1 amide bonds. The summed E-state index contributed by atoms with van der Waals surface area (Å²) in [6.45, 7) is 5.70. The van der Waals surface area contributed by atoms with Gasteiger partial charge < -0.3 is 9.47 Å². The highest BCUT2D eigenvalue weighted by Crippen LogP contribution is 2.32. The van der Waals surface area contributed by atoms with E-state index in [-0.39, 0.29) is 11.7 Å². The lowest BCUT2D eigenvalue weighted by molar-refractivity contribution is -0.126. The van der Waals surface area contributed by atoms with Crippen molar-refractivity contribution in [2.24, 2.45) is 0 Å². The van der Waals surface area contributed by atoms with Crippen LogP contribution in [0.2, 0.25) is 0 Å². The van der Waals surface area contributed by atoms with Gasteiger partial charge in [-0.1, -0.05) is 6.08 Å². The molecular formula is C17H19FN2O3S. The van der Waals surface area contributed by atoms with Crippen molar-refractivity contribution in [3.05, 3.63) is 42.1 Å². The first-order chi connectivity index (χ1) is 11.5. The number of anilines is 1. The van der Waals surface area contributed by atoms with E-state index in [1.54, 1.807) is 18.4 Å². The summed E-state index contributed by atoms with van der Waals surface area (Å²) >= 11 is 1.25. The standard InChI is InChI=1S/C17H19FN2O3S/c1-4-5-8-23-11(2)16(21)20-17-19-14(10-24-17)13-9-12(18)6-7-15(13)22-3/h4,6-7,9-11H,1,5,8H2,2-3H3,(H,19,20,21). The number of hydrogen-bond donors (Lipinski definition) is 1. The minimum Gasteiger partial charge on any atom is -0.496 e. The maximum atomic E-state index is 13.5. The van der Waals surface area contributed by atoms with Crippen LogP contribution in [0.25, 0.3) is 11.3 Å². The van der Waals surface area contributed by atoms with E-state index in [0.29, 0.717) is 35.2 Å². The highest BCUT2D eigenvalue weighted by Gasteiger charge is 2.16. The van der Waals surface area contributed by atoms with E-state index in [1.165, 1.54) is 36.6 Å². The van der Waals surface area contributed by atoms with Gasteiger partial charge in [0.1, 0.15) is 17.7 Å². The second-order valence-corrected chi connectivity index (χ2v) is 5.82. The predicted octanol–water partition coefficient (Wildman–Crippen LogP) is 3.88. The number of aromatic nitrogens is 1. The molecule has 0 bridgehead atoms. The fourth-order valence-electron chi connectivity index (χ4n) is 1.95. The molecule has 128 valence electrons. The SMILES string of the molecule is C=CCCOC(C)C(=O)Nc1nc(-c2cc(F)ccc2OC)cs1. The van der Waals surface area contributed by atoms with Gasteiger partial charge in [0, 0.05) is 10.9 Å². The Balaban J connectivity index is 2.07. The minimum absolute atomic E-state index is 0.286. The first-order valence-corrected chi connectivity index (χ1v) is 8.26. The van der Waals surface area contributed by atoms with E-state index in [2.05, 4.69) is 16.9 Å². The normalized spacial score (nSPS) is 11.8. The van der Waals surface area contributed by atoms with Crippen LogP contribution in [-0.4, -0.2) is 30.7 Å². The van der Waals surface area contributed by atoms with Crippen LogP contribution >= 0.6 is 11.3 Å². The molecule has 1 aromatic heterocycles. The largest absolute Gasteiger partial charge is 0.496 e. The number of carbonyl (C=O) groups is 1.